The van der Waals surface area contributed by atoms with Crippen molar-refractivity contribution in [3.8, 4) is 5.69 Å². The van der Waals surface area contributed by atoms with E-state index < -0.39 is 23.9 Å². The average molecular weight is 376 g/mol. The molecule has 0 radical (unpaired) electrons. The Morgan fingerprint density at radius 3 is 2.48 bits per heavy atom. The molecule has 1 aromatic carbocycles. The highest BCUT2D eigenvalue weighted by Crippen LogP contribution is 2.27. The lowest BCUT2D eigenvalue weighted by molar-refractivity contribution is -0.141. The first-order valence-corrected chi connectivity index (χ1v) is 7.94. The quantitative estimate of drug-likeness (QED) is 0.718. The number of carbonyl (C=O) groups excluding carboxylic acids is 1. The second-order valence-electron chi connectivity index (χ2n) is 5.70. The predicted molar refractivity (Wildman–Crippen MR) is 90.1 cm³/mol. The maximum atomic E-state index is 12.5. The van der Waals surface area contributed by atoms with Crippen LogP contribution in [0.4, 0.5) is 13.2 Å². The number of carbonyl (C=O) groups is 1. The molecule has 6 nitrogen and oxygen atoms in total. The first kappa shape index (κ1) is 18.6. The molecule has 2 heterocycles. The highest BCUT2D eigenvalue weighted by molar-refractivity contribution is 5.93. The average Bonchev–Trinajstić information content (AvgIpc) is 3.20. The molecule has 0 saturated carbocycles. The van der Waals surface area contributed by atoms with Crippen molar-refractivity contribution in [2.45, 2.75) is 12.3 Å². The molecular formula is C18H15F3N4O2. The summed E-state index contributed by atoms with van der Waals surface area (Å²) in [4.78, 5) is 15.2. The number of amides is 1. The van der Waals surface area contributed by atoms with Crippen molar-refractivity contribution in [1.82, 2.24) is 20.1 Å². The Kier molecular flexibility index (Phi) is 5.22. The smallest absolute Gasteiger partial charge is 0.387 e. The topological polar surface area (TPSA) is 80.0 Å². The molecule has 1 atom stereocenters. The lowest BCUT2D eigenvalue weighted by Crippen LogP contribution is -2.28. The monoisotopic (exact) mass is 376 g/mol. The first-order chi connectivity index (χ1) is 12.8. The minimum atomic E-state index is -4.56. The fourth-order valence-electron chi connectivity index (χ4n) is 2.38. The lowest BCUT2D eigenvalue weighted by atomic mass is 10.1. The molecule has 0 fully saturated rings. The van der Waals surface area contributed by atoms with Crippen molar-refractivity contribution in [2.24, 2.45) is 0 Å². The van der Waals surface area contributed by atoms with Crippen molar-refractivity contribution in [3.05, 3.63) is 77.9 Å². The zero-order chi connectivity index (χ0) is 19.4. The van der Waals surface area contributed by atoms with Crippen LogP contribution in [0.3, 0.4) is 0 Å². The van der Waals surface area contributed by atoms with Gasteiger partial charge < -0.3 is 10.4 Å². The van der Waals surface area contributed by atoms with E-state index in [2.05, 4.69) is 15.4 Å². The largest absolute Gasteiger partial charge is 0.433 e. The fraction of sp³-hybridized carbons (Fsp3) is 0.167. The summed E-state index contributed by atoms with van der Waals surface area (Å²) in [5.74, 6) is -0.622. The molecule has 1 amide bonds. The number of aliphatic hydroxyl groups is 1. The van der Waals surface area contributed by atoms with Crippen LogP contribution in [0.15, 0.2) is 61.1 Å². The van der Waals surface area contributed by atoms with E-state index in [0.29, 0.717) is 5.56 Å². The Morgan fingerprint density at radius 1 is 1.19 bits per heavy atom. The molecule has 3 rings (SSSR count). The molecule has 2 N–H and O–H groups in total. The normalized spacial score (nSPS) is 12.6. The second kappa shape index (κ2) is 7.58. The van der Waals surface area contributed by atoms with Gasteiger partial charge in [0.15, 0.2) is 0 Å². The van der Waals surface area contributed by atoms with E-state index in [1.807, 2.05) is 0 Å². The summed E-state index contributed by atoms with van der Waals surface area (Å²) in [6, 6.07) is 10.5. The van der Waals surface area contributed by atoms with Gasteiger partial charge in [-0.15, -0.1) is 0 Å². The second-order valence-corrected chi connectivity index (χ2v) is 5.70. The molecule has 0 spiro atoms. The van der Waals surface area contributed by atoms with Gasteiger partial charge in [0.05, 0.1) is 17.4 Å². The van der Waals surface area contributed by atoms with Gasteiger partial charge in [0.25, 0.3) is 5.91 Å². The number of halogens is 3. The number of rotatable bonds is 5. The molecule has 9 heteroatoms. The van der Waals surface area contributed by atoms with Gasteiger partial charge in [0, 0.05) is 25.1 Å². The Balaban J connectivity index is 1.58. The van der Waals surface area contributed by atoms with E-state index in [0.717, 1.165) is 24.0 Å². The zero-order valence-electron chi connectivity index (χ0n) is 13.9. The number of pyridine rings is 1. The van der Waals surface area contributed by atoms with Gasteiger partial charge in [-0.05, 0) is 35.9 Å². The van der Waals surface area contributed by atoms with Crippen LogP contribution < -0.4 is 5.32 Å². The van der Waals surface area contributed by atoms with Gasteiger partial charge in [-0.25, -0.2) is 4.68 Å². The molecule has 0 aliphatic heterocycles. The molecule has 2 aromatic heterocycles. The predicted octanol–water partition coefficient (Wildman–Crippen LogP) is 2.75. The molecule has 0 aliphatic carbocycles. The van der Waals surface area contributed by atoms with Gasteiger partial charge >= 0.3 is 6.18 Å². The molecule has 0 bridgehead atoms. The number of hydrogen-bond acceptors (Lipinski definition) is 4. The van der Waals surface area contributed by atoms with Crippen LogP contribution in [0.5, 0.6) is 0 Å². The van der Waals surface area contributed by atoms with Crippen molar-refractivity contribution in [3.63, 3.8) is 0 Å². The summed E-state index contributed by atoms with van der Waals surface area (Å²) in [5.41, 5.74) is 0.299. The Bertz CT molecular complexity index is 892. The highest BCUT2D eigenvalue weighted by atomic mass is 19.4. The third kappa shape index (κ3) is 4.50. The van der Waals surface area contributed by atoms with Gasteiger partial charge in [-0.2, -0.15) is 18.3 Å². The first-order valence-electron chi connectivity index (χ1n) is 7.94. The summed E-state index contributed by atoms with van der Waals surface area (Å²) in [7, 11) is 0. The number of benzene rings is 1. The van der Waals surface area contributed by atoms with Gasteiger partial charge in [-0.3, -0.25) is 9.78 Å². The van der Waals surface area contributed by atoms with E-state index in [1.54, 1.807) is 47.4 Å². The Labute approximate surface area is 152 Å². The number of aromatic nitrogens is 3. The van der Waals surface area contributed by atoms with Gasteiger partial charge in [-0.1, -0.05) is 12.1 Å². The standard InChI is InChI=1S/C18H15F3N4O2/c19-18(20,21)16-7-4-13(10-22-16)17(27)23-11-15(26)12-2-5-14(6-3-12)25-9-1-8-24-25/h1-10,15,26H,11H2,(H,23,27). The minimum absolute atomic E-state index is 0.0239. The molecular weight excluding hydrogens is 361 g/mol. The van der Waals surface area contributed by atoms with E-state index >= 15 is 0 Å². The van der Waals surface area contributed by atoms with Crippen LogP contribution in [0.2, 0.25) is 0 Å². The number of alkyl halides is 3. The van der Waals surface area contributed by atoms with E-state index in [4.69, 9.17) is 0 Å². The lowest BCUT2D eigenvalue weighted by Gasteiger charge is -2.13. The van der Waals surface area contributed by atoms with Gasteiger partial charge in [0.2, 0.25) is 0 Å². The van der Waals surface area contributed by atoms with E-state index in [-0.39, 0.29) is 12.1 Å². The van der Waals surface area contributed by atoms with E-state index in [1.165, 1.54) is 0 Å². The zero-order valence-corrected chi connectivity index (χ0v) is 13.9. The maximum Gasteiger partial charge on any atom is 0.433 e. The van der Waals surface area contributed by atoms with Crippen molar-refractivity contribution >= 4 is 5.91 Å². The van der Waals surface area contributed by atoms with Crippen LogP contribution >= 0.6 is 0 Å². The van der Waals surface area contributed by atoms with Gasteiger partial charge in [0.1, 0.15) is 5.69 Å². The Morgan fingerprint density at radius 2 is 1.93 bits per heavy atom. The summed E-state index contributed by atoms with van der Waals surface area (Å²) in [5, 5.41) is 16.8. The van der Waals surface area contributed by atoms with Crippen LogP contribution in [0, 0.1) is 0 Å². The third-order valence-electron chi connectivity index (χ3n) is 3.82. The molecule has 0 aliphatic rings. The summed E-state index contributed by atoms with van der Waals surface area (Å²) in [6.45, 7) is -0.0963. The molecule has 140 valence electrons. The summed E-state index contributed by atoms with van der Waals surface area (Å²) in [6.07, 6.45) is -1.25. The number of nitrogens with zero attached hydrogens (tertiary/aromatic N) is 3. The van der Waals surface area contributed by atoms with Crippen molar-refractivity contribution < 1.29 is 23.1 Å². The maximum absolute atomic E-state index is 12.5. The van der Waals surface area contributed by atoms with E-state index in [9.17, 15) is 23.1 Å². The summed E-state index contributed by atoms with van der Waals surface area (Å²) < 4.78 is 39.1. The molecule has 3 aromatic rings. The Hall–Kier alpha value is -3.20. The molecule has 27 heavy (non-hydrogen) atoms. The molecule has 0 saturated heterocycles. The number of nitrogens with one attached hydrogen (secondary N) is 1. The van der Waals surface area contributed by atoms with Crippen molar-refractivity contribution in [1.29, 1.82) is 0 Å². The third-order valence-corrected chi connectivity index (χ3v) is 3.82. The van der Waals surface area contributed by atoms with Crippen LogP contribution in [0.25, 0.3) is 5.69 Å². The highest BCUT2D eigenvalue weighted by Gasteiger charge is 2.32. The SMILES string of the molecule is O=C(NCC(O)c1ccc(-n2cccn2)cc1)c1ccc(C(F)(F)F)nc1. The minimum Gasteiger partial charge on any atom is -0.387 e. The number of hydrogen-bond donors (Lipinski definition) is 2. The number of aliphatic hydroxyl groups excluding tert-OH is 1. The fourth-order valence-corrected chi connectivity index (χ4v) is 2.38. The van der Waals surface area contributed by atoms with Crippen LogP contribution in [-0.4, -0.2) is 32.3 Å². The van der Waals surface area contributed by atoms with Crippen LogP contribution in [-0.2, 0) is 6.18 Å². The summed E-state index contributed by atoms with van der Waals surface area (Å²) >= 11 is 0. The molecule has 1 unspecified atom stereocenters. The van der Waals surface area contributed by atoms with Crippen molar-refractivity contribution in [2.75, 3.05) is 6.54 Å². The van der Waals surface area contributed by atoms with Crippen LogP contribution in [0.1, 0.15) is 27.7 Å².